The van der Waals surface area contributed by atoms with Crippen LogP contribution in [0.2, 0.25) is 0 Å². The minimum atomic E-state index is -1.28. The highest BCUT2D eigenvalue weighted by molar-refractivity contribution is 7.10. The SMILES string of the molecule is CCOC(=O)C1=C(N)N(c2ccc(F)cc2F)C2=C(C(=O)[C@H](C(=O)OCC)[C@H](c3cccs3)C2)[C@@H]1c1ccc(F)cc1. The molecule has 0 saturated carbocycles. The van der Waals surface area contributed by atoms with Gasteiger partial charge in [0.25, 0.3) is 0 Å². The van der Waals surface area contributed by atoms with Crippen molar-refractivity contribution in [3.05, 3.63) is 111 Å². The molecular formula is C31H27F3N2O5S. The van der Waals surface area contributed by atoms with E-state index in [-0.39, 0.29) is 48.0 Å². The number of benzene rings is 2. The first-order chi connectivity index (χ1) is 20.2. The van der Waals surface area contributed by atoms with E-state index >= 15 is 4.39 Å². The van der Waals surface area contributed by atoms with Crippen LogP contribution in [0.3, 0.4) is 0 Å². The molecular weight excluding hydrogens is 569 g/mol. The summed E-state index contributed by atoms with van der Waals surface area (Å²) in [5, 5.41) is 1.80. The van der Waals surface area contributed by atoms with Gasteiger partial charge in [0, 0.05) is 28.1 Å². The fourth-order valence-corrected chi connectivity index (χ4v) is 6.50. The molecule has 0 fully saturated rings. The van der Waals surface area contributed by atoms with Crippen molar-refractivity contribution in [3.8, 4) is 0 Å². The van der Waals surface area contributed by atoms with Crippen molar-refractivity contribution >= 4 is 34.7 Å². The van der Waals surface area contributed by atoms with Gasteiger partial charge in [-0.1, -0.05) is 18.2 Å². The third-order valence-corrected chi connectivity index (χ3v) is 8.34. The Morgan fingerprint density at radius 1 is 1.00 bits per heavy atom. The molecule has 1 aliphatic carbocycles. The van der Waals surface area contributed by atoms with Crippen LogP contribution in [0, 0.1) is 23.4 Å². The summed E-state index contributed by atoms with van der Waals surface area (Å²) in [6.07, 6.45) is 0.0242. The Morgan fingerprint density at radius 2 is 1.69 bits per heavy atom. The molecule has 2 N–H and O–H groups in total. The van der Waals surface area contributed by atoms with E-state index in [0.29, 0.717) is 16.5 Å². The standard InChI is InChI=1S/C31H27F3N2O5S/c1-3-40-30(38)25-19(23-6-5-13-42-23)15-22-26(28(25)37)24(16-7-9-17(32)10-8-16)27(31(39)41-4-2)29(35)36(22)21-12-11-18(33)14-20(21)34/h5-14,19,24-25H,3-4,15,35H2,1-2H3/t19-,24-,25+/m0/s1. The predicted octanol–water partition coefficient (Wildman–Crippen LogP) is 5.69. The van der Waals surface area contributed by atoms with Crippen molar-refractivity contribution in [3.63, 3.8) is 0 Å². The molecule has 2 aromatic carbocycles. The lowest BCUT2D eigenvalue weighted by Gasteiger charge is -2.43. The third-order valence-electron chi connectivity index (χ3n) is 7.34. The average Bonchev–Trinajstić information content (AvgIpc) is 3.49. The number of allylic oxidation sites excluding steroid dienone is 2. The molecule has 2 heterocycles. The first-order valence-electron chi connectivity index (χ1n) is 13.3. The summed E-state index contributed by atoms with van der Waals surface area (Å²) in [7, 11) is 0. The van der Waals surface area contributed by atoms with Crippen LogP contribution in [-0.4, -0.2) is 30.9 Å². The van der Waals surface area contributed by atoms with Crippen molar-refractivity contribution in [2.45, 2.75) is 32.1 Å². The van der Waals surface area contributed by atoms with Crippen LogP contribution in [0.25, 0.3) is 0 Å². The van der Waals surface area contributed by atoms with Crippen LogP contribution < -0.4 is 10.6 Å². The Kier molecular flexibility index (Phi) is 8.22. The van der Waals surface area contributed by atoms with Gasteiger partial charge in [-0.15, -0.1) is 11.3 Å². The molecule has 11 heteroatoms. The van der Waals surface area contributed by atoms with E-state index in [1.807, 2.05) is 0 Å². The topological polar surface area (TPSA) is 98.9 Å². The molecule has 0 radical (unpaired) electrons. The van der Waals surface area contributed by atoms with E-state index in [2.05, 4.69) is 0 Å². The summed E-state index contributed by atoms with van der Waals surface area (Å²) in [6, 6.07) is 11.6. The molecule has 7 nitrogen and oxygen atoms in total. The minimum Gasteiger partial charge on any atom is -0.465 e. The van der Waals surface area contributed by atoms with Crippen molar-refractivity contribution in [1.82, 2.24) is 0 Å². The van der Waals surface area contributed by atoms with Gasteiger partial charge in [0.2, 0.25) is 0 Å². The summed E-state index contributed by atoms with van der Waals surface area (Å²) in [6.45, 7) is 3.20. The zero-order valence-electron chi connectivity index (χ0n) is 22.7. The van der Waals surface area contributed by atoms with E-state index < -0.39 is 52.9 Å². The zero-order chi connectivity index (χ0) is 30.1. The van der Waals surface area contributed by atoms with Crippen LogP contribution in [0.15, 0.2) is 82.6 Å². The largest absolute Gasteiger partial charge is 0.465 e. The van der Waals surface area contributed by atoms with Gasteiger partial charge in [-0.05, 0) is 61.5 Å². The van der Waals surface area contributed by atoms with E-state index in [1.165, 1.54) is 40.5 Å². The van der Waals surface area contributed by atoms with Gasteiger partial charge in [0.15, 0.2) is 5.78 Å². The number of carbonyl (C=O) groups excluding carboxylic acids is 3. The number of ether oxygens (including phenoxy) is 2. The number of halogens is 3. The lowest BCUT2D eigenvalue weighted by Crippen LogP contribution is -2.46. The highest BCUT2D eigenvalue weighted by Gasteiger charge is 2.51. The fraction of sp³-hybridized carbons (Fsp3) is 0.258. The summed E-state index contributed by atoms with van der Waals surface area (Å²) < 4.78 is 54.0. The number of nitrogens with zero attached hydrogens (tertiary/aromatic N) is 1. The monoisotopic (exact) mass is 596 g/mol. The predicted molar refractivity (Wildman–Crippen MR) is 150 cm³/mol. The van der Waals surface area contributed by atoms with Gasteiger partial charge in [0.05, 0.1) is 30.4 Å². The summed E-state index contributed by atoms with van der Waals surface area (Å²) in [5.74, 6) is -8.05. The van der Waals surface area contributed by atoms with E-state index in [0.717, 1.165) is 12.1 Å². The normalized spacial score (nSPS) is 20.5. The number of ketones is 1. The molecule has 0 bridgehead atoms. The molecule has 2 aliphatic rings. The van der Waals surface area contributed by atoms with Crippen molar-refractivity contribution < 1.29 is 37.0 Å². The first kappa shape index (κ1) is 29.1. The van der Waals surface area contributed by atoms with E-state index in [1.54, 1.807) is 31.4 Å². The molecule has 1 aromatic heterocycles. The van der Waals surface area contributed by atoms with E-state index in [9.17, 15) is 23.2 Å². The van der Waals surface area contributed by atoms with Crippen molar-refractivity contribution in [2.75, 3.05) is 18.1 Å². The van der Waals surface area contributed by atoms with Crippen LogP contribution in [0.1, 0.15) is 42.5 Å². The molecule has 3 aromatic rings. The molecule has 1 aliphatic heterocycles. The van der Waals surface area contributed by atoms with Gasteiger partial charge < -0.3 is 15.2 Å². The second-order valence-corrected chi connectivity index (χ2v) is 10.7. The van der Waals surface area contributed by atoms with Gasteiger partial charge in [-0.2, -0.15) is 0 Å². The number of anilines is 1. The highest BCUT2D eigenvalue weighted by Crippen LogP contribution is 2.52. The molecule has 0 spiro atoms. The van der Waals surface area contributed by atoms with Crippen LogP contribution >= 0.6 is 11.3 Å². The molecule has 0 saturated heterocycles. The lowest BCUT2D eigenvalue weighted by atomic mass is 9.68. The summed E-state index contributed by atoms with van der Waals surface area (Å²) in [4.78, 5) is 43.3. The molecule has 42 heavy (non-hydrogen) atoms. The Hall–Kier alpha value is -4.38. The quantitative estimate of drug-likeness (QED) is 0.276. The maximum absolute atomic E-state index is 15.4. The highest BCUT2D eigenvalue weighted by atomic mass is 32.1. The molecule has 218 valence electrons. The Bertz CT molecular complexity index is 1600. The van der Waals surface area contributed by atoms with Crippen LogP contribution in [0.5, 0.6) is 0 Å². The first-order valence-corrected chi connectivity index (χ1v) is 14.2. The van der Waals surface area contributed by atoms with Gasteiger partial charge in [-0.25, -0.2) is 18.0 Å². The number of esters is 2. The molecule has 5 rings (SSSR count). The number of hydrogen-bond acceptors (Lipinski definition) is 8. The Balaban J connectivity index is 1.83. The number of nitrogens with two attached hydrogens (primary N) is 1. The summed E-state index contributed by atoms with van der Waals surface area (Å²) >= 11 is 1.34. The van der Waals surface area contributed by atoms with E-state index in [4.69, 9.17) is 15.2 Å². The minimum absolute atomic E-state index is 0.00607. The van der Waals surface area contributed by atoms with Gasteiger partial charge in [-0.3, -0.25) is 14.5 Å². The fourth-order valence-electron chi connectivity index (χ4n) is 5.64. The maximum Gasteiger partial charge on any atom is 0.338 e. The second-order valence-electron chi connectivity index (χ2n) is 9.72. The van der Waals surface area contributed by atoms with Crippen molar-refractivity contribution in [2.24, 2.45) is 11.7 Å². The van der Waals surface area contributed by atoms with Gasteiger partial charge >= 0.3 is 11.9 Å². The smallest absolute Gasteiger partial charge is 0.338 e. The number of rotatable bonds is 7. The number of thiophene rings is 1. The van der Waals surface area contributed by atoms with Crippen LogP contribution in [0.4, 0.5) is 18.9 Å². The average molecular weight is 597 g/mol. The van der Waals surface area contributed by atoms with Crippen molar-refractivity contribution in [1.29, 1.82) is 0 Å². The molecule has 0 amide bonds. The zero-order valence-corrected chi connectivity index (χ0v) is 23.6. The third kappa shape index (κ3) is 5.09. The lowest BCUT2D eigenvalue weighted by molar-refractivity contribution is -0.152. The Morgan fingerprint density at radius 3 is 2.31 bits per heavy atom. The molecule has 3 atom stereocenters. The summed E-state index contributed by atoms with van der Waals surface area (Å²) in [5.41, 5.74) is 6.80. The maximum atomic E-state index is 15.4. The number of carbonyl (C=O) groups is 3. The number of hydrogen-bond donors (Lipinski definition) is 1. The molecule has 0 unspecified atom stereocenters. The van der Waals surface area contributed by atoms with Crippen LogP contribution in [-0.2, 0) is 23.9 Å². The number of Topliss-reactive ketones (excluding diaryl/α,β-unsaturated/α-hetero) is 1. The Labute approximate surface area is 244 Å². The van der Waals surface area contributed by atoms with Gasteiger partial charge in [0.1, 0.15) is 29.2 Å². The second kappa shape index (κ2) is 11.8.